The second kappa shape index (κ2) is 8.73. The molecule has 1 aromatic heterocycles. The van der Waals surface area contributed by atoms with Crippen LogP contribution in [0.4, 0.5) is 4.39 Å². The molecule has 0 radical (unpaired) electrons. The topological polar surface area (TPSA) is 70.2 Å². The lowest BCUT2D eigenvalue weighted by atomic mass is 10.1. The van der Waals surface area contributed by atoms with Crippen molar-refractivity contribution >= 4 is 5.91 Å². The molecule has 134 valence electrons. The molecule has 1 aliphatic rings. The molecule has 2 aromatic rings. The Labute approximate surface area is 146 Å². The third-order valence-corrected chi connectivity index (χ3v) is 4.31. The largest absolute Gasteiger partial charge is 0.379 e. The lowest BCUT2D eigenvalue weighted by Crippen LogP contribution is -2.37. The maximum absolute atomic E-state index is 13.0. The van der Waals surface area contributed by atoms with Crippen LogP contribution in [0, 0.1) is 5.82 Å². The number of H-pyrrole nitrogens is 1. The summed E-state index contributed by atoms with van der Waals surface area (Å²) >= 11 is 0. The number of amides is 1. The number of rotatable bonds is 7. The summed E-state index contributed by atoms with van der Waals surface area (Å²) in [5.41, 5.74) is 1.81. The number of ether oxygens (including phenoxy) is 1. The van der Waals surface area contributed by atoms with Gasteiger partial charge in [0.25, 0.3) is 5.91 Å². The Morgan fingerprint density at radius 1 is 1.24 bits per heavy atom. The highest BCUT2D eigenvalue weighted by atomic mass is 19.1. The summed E-state index contributed by atoms with van der Waals surface area (Å²) in [6, 6.07) is 5.98. The fourth-order valence-electron chi connectivity index (χ4n) is 2.88. The van der Waals surface area contributed by atoms with E-state index in [1.807, 2.05) is 0 Å². The minimum absolute atomic E-state index is 0.167. The zero-order chi connectivity index (χ0) is 17.5. The molecule has 2 heterocycles. The van der Waals surface area contributed by atoms with Crippen LogP contribution in [0.2, 0.25) is 0 Å². The van der Waals surface area contributed by atoms with Gasteiger partial charge in [0, 0.05) is 25.2 Å². The number of benzene rings is 1. The van der Waals surface area contributed by atoms with E-state index >= 15 is 0 Å². The fraction of sp³-hybridized carbons (Fsp3) is 0.444. The van der Waals surface area contributed by atoms with Crippen LogP contribution in [0.25, 0.3) is 11.3 Å². The molecule has 1 amide bonds. The zero-order valence-corrected chi connectivity index (χ0v) is 14.1. The first-order valence-corrected chi connectivity index (χ1v) is 8.61. The van der Waals surface area contributed by atoms with Crippen molar-refractivity contribution in [2.24, 2.45) is 0 Å². The summed E-state index contributed by atoms with van der Waals surface area (Å²) in [5.74, 6) is -0.478. The molecule has 1 fully saturated rings. The second-order valence-electron chi connectivity index (χ2n) is 6.08. The lowest BCUT2D eigenvalue weighted by molar-refractivity contribution is 0.0372. The first-order valence-electron chi connectivity index (χ1n) is 8.61. The summed E-state index contributed by atoms with van der Waals surface area (Å²) in [7, 11) is 0. The van der Waals surface area contributed by atoms with Crippen LogP contribution in [-0.2, 0) is 4.74 Å². The van der Waals surface area contributed by atoms with E-state index in [0.29, 0.717) is 17.8 Å². The molecule has 0 aliphatic carbocycles. The minimum atomic E-state index is -0.311. The summed E-state index contributed by atoms with van der Waals surface area (Å²) in [5, 5.41) is 9.69. The molecule has 1 aromatic carbocycles. The zero-order valence-electron chi connectivity index (χ0n) is 14.1. The number of nitrogens with one attached hydrogen (secondary N) is 2. The van der Waals surface area contributed by atoms with Gasteiger partial charge < -0.3 is 10.1 Å². The van der Waals surface area contributed by atoms with E-state index in [2.05, 4.69) is 20.4 Å². The van der Waals surface area contributed by atoms with Gasteiger partial charge in [0.15, 0.2) is 0 Å². The molecule has 0 spiro atoms. The third kappa shape index (κ3) is 4.87. The van der Waals surface area contributed by atoms with Gasteiger partial charge >= 0.3 is 0 Å². The number of aromatic nitrogens is 2. The number of hydrogen-bond donors (Lipinski definition) is 2. The van der Waals surface area contributed by atoms with E-state index in [0.717, 1.165) is 51.3 Å². The van der Waals surface area contributed by atoms with E-state index in [1.54, 1.807) is 12.1 Å². The van der Waals surface area contributed by atoms with Gasteiger partial charge in [0.1, 0.15) is 5.82 Å². The third-order valence-electron chi connectivity index (χ3n) is 4.31. The van der Waals surface area contributed by atoms with Crippen LogP contribution in [0.15, 0.2) is 30.5 Å². The number of hydrogen-bond acceptors (Lipinski definition) is 4. The number of carbonyl (C=O) groups excluding carboxylic acids is 1. The number of morpholine rings is 1. The Kier molecular flexibility index (Phi) is 6.14. The van der Waals surface area contributed by atoms with Crippen LogP contribution in [0.5, 0.6) is 0 Å². The highest BCUT2D eigenvalue weighted by Gasteiger charge is 2.15. The first kappa shape index (κ1) is 17.6. The predicted molar refractivity (Wildman–Crippen MR) is 92.8 cm³/mol. The Morgan fingerprint density at radius 3 is 2.76 bits per heavy atom. The molecular formula is C18H23FN4O2. The Hall–Kier alpha value is -2.25. The van der Waals surface area contributed by atoms with E-state index in [9.17, 15) is 9.18 Å². The van der Waals surface area contributed by atoms with Gasteiger partial charge in [-0.1, -0.05) is 0 Å². The molecule has 1 saturated heterocycles. The first-order chi connectivity index (χ1) is 12.2. The van der Waals surface area contributed by atoms with Crippen molar-refractivity contribution in [3.8, 4) is 11.3 Å². The van der Waals surface area contributed by atoms with Gasteiger partial charge in [0.05, 0.1) is 30.7 Å². The van der Waals surface area contributed by atoms with Crippen LogP contribution in [-0.4, -0.2) is 60.4 Å². The normalized spacial score (nSPS) is 15.2. The average Bonchev–Trinajstić information content (AvgIpc) is 3.12. The van der Waals surface area contributed by atoms with Crippen molar-refractivity contribution in [2.45, 2.75) is 12.8 Å². The van der Waals surface area contributed by atoms with Crippen LogP contribution in [0.1, 0.15) is 23.2 Å². The highest BCUT2D eigenvalue weighted by molar-refractivity contribution is 5.99. The molecule has 0 saturated carbocycles. The molecule has 0 unspecified atom stereocenters. The molecule has 0 atom stereocenters. The maximum Gasteiger partial charge on any atom is 0.255 e. The average molecular weight is 346 g/mol. The van der Waals surface area contributed by atoms with Crippen LogP contribution >= 0.6 is 0 Å². The summed E-state index contributed by atoms with van der Waals surface area (Å²) in [6.45, 7) is 5.25. The van der Waals surface area contributed by atoms with E-state index < -0.39 is 0 Å². The highest BCUT2D eigenvalue weighted by Crippen LogP contribution is 2.21. The number of halogens is 1. The van der Waals surface area contributed by atoms with Gasteiger partial charge in [-0.05, 0) is 43.7 Å². The van der Waals surface area contributed by atoms with Gasteiger partial charge in [0.2, 0.25) is 0 Å². The molecule has 2 N–H and O–H groups in total. The standard InChI is InChI=1S/C18H23FN4O2/c19-15-5-3-14(4-6-15)17-16(13-21-22-17)18(24)20-7-1-2-8-23-9-11-25-12-10-23/h3-6,13H,1-2,7-12H2,(H,20,24)(H,21,22). The van der Waals surface area contributed by atoms with Gasteiger partial charge in [-0.25, -0.2) is 4.39 Å². The van der Waals surface area contributed by atoms with E-state index in [-0.39, 0.29) is 11.7 Å². The van der Waals surface area contributed by atoms with Crippen molar-refractivity contribution in [3.05, 3.63) is 41.8 Å². The SMILES string of the molecule is O=C(NCCCCN1CCOCC1)c1cn[nH]c1-c1ccc(F)cc1. The van der Waals surface area contributed by atoms with Crippen molar-refractivity contribution in [1.82, 2.24) is 20.4 Å². The smallest absolute Gasteiger partial charge is 0.255 e. The quantitative estimate of drug-likeness (QED) is 0.753. The van der Waals surface area contributed by atoms with Crippen molar-refractivity contribution in [2.75, 3.05) is 39.4 Å². The molecule has 7 heteroatoms. The summed E-state index contributed by atoms with van der Waals surface area (Å²) in [6.07, 6.45) is 3.46. The van der Waals surface area contributed by atoms with Gasteiger partial charge in [-0.15, -0.1) is 0 Å². The van der Waals surface area contributed by atoms with Crippen molar-refractivity contribution in [1.29, 1.82) is 0 Å². The Balaban J connectivity index is 1.45. The fourth-order valence-corrected chi connectivity index (χ4v) is 2.88. The molecule has 25 heavy (non-hydrogen) atoms. The Morgan fingerprint density at radius 2 is 2.00 bits per heavy atom. The number of carbonyl (C=O) groups is 1. The minimum Gasteiger partial charge on any atom is -0.379 e. The molecular weight excluding hydrogens is 323 g/mol. The van der Waals surface area contributed by atoms with Crippen molar-refractivity contribution < 1.29 is 13.9 Å². The monoisotopic (exact) mass is 346 g/mol. The van der Waals surface area contributed by atoms with Crippen molar-refractivity contribution in [3.63, 3.8) is 0 Å². The Bertz CT molecular complexity index is 681. The van der Waals surface area contributed by atoms with E-state index in [1.165, 1.54) is 18.3 Å². The summed E-state index contributed by atoms with van der Waals surface area (Å²) in [4.78, 5) is 14.7. The summed E-state index contributed by atoms with van der Waals surface area (Å²) < 4.78 is 18.4. The lowest BCUT2D eigenvalue weighted by Gasteiger charge is -2.26. The van der Waals surface area contributed by atoms with E-state index in [4.69, 9.17) is 4.74 Å². The van der Waals surface area contributed by atoms with Crippen LogP contribution < -0.4 is 5.32 Å². The molecule has 6 nitrogen and oxygen atoms in total. The number of unbranched alkanes of at least 4 members (excludes halogenated alkanes) is 1. The molecule has 3 rings (SSSR count). The van der Waals surface area contributed by atoms with Gasteiger partial charge in [-0.2, -0.15) is 5.10 Å². The number of nitrogens with zero attached hydrogens (tertiary/aromatic N) is 2. The second-order valence-corrected chi connectivity index (χ2v) is 6.08. The molecule has 0 bridgehead atoms. The number of aromatic amines is 1. The maximum atomic E-state index is 13.0. The van der Waals surface area contributed by atoms with Crippen LogP contribution in [0.3, 0.4) is 0 Å². The molecule has 1 aliphatic heterocycles. The predicted octanol–water partition coefficient (Wildman–Crippen LogP) is 2.06. The van der Waals surface area contributed by atoms with Gasteiger partial charge in [-0.3, -0.25) is 14.8 Å².